The van der Waals surface area contributed by atoms with Crippen LogP contribution in [0.4, 0.5) is 5.69 Å². The molecule has 0 aliphatic carbocycles. The highest BCUT2D eigenvalue weighted by Gasteiger charge is 2.14. The minimum atomic E-state index is -1.09. The Hall–Kier alpha value is -2.60. The zero-order valence-electron chi connectivity index (χ0n) is 16.6. The summed E-state index contributed by atoms with van der Waals surface area (Å²) in [5, 5.41) is 13.7. The number of anilines is 1. The average Bonchev–Trinajstić information content (AvgIpc) is 2.73. The molecule has 0 aromatic heterocycles. The van der Waals surface area contributed by atoms with Gasteiger partial charge in [0, 0.05) is 33.4 Å². The van der Waals surface area contributed by atoms with Gasteiger partial charge in [-0.25, -0.2) is 4.79 Å². The molecule has 0 heterocycles. The highest BCUT2D eigenvalue weighted by molar-refractivity contribution is 6.35. The summed E-state index contributed by atoms with van der Waals surface area (Å²) in [6.45, 7) is 2.99. The van der Waals surface area contributed by atoms with Crippen molar-refractivity contribution in [3.05, 3.63) is 86.4 Å². The lowest BCUT2D eigenvalue weighted by molar-refractivity contribution is 0.0697. The van der Waals surface area contributed by atoms with Crippen LogP contribution in [0.1, 0.15) is 28.4 Å². The number of halogens is 3. The fourth-order valence-electron chi connectivity index (χ4n) is 2.92. The van der Waals surface area contributed by atoms with Crippen molar-refractivity contribution in [2.24, 2.45) is 0 Å². The molecular formula is C23H20Cl3NO4. The second kappa shape index (κ2) is 10.6. The molecule has 162 valence electrons. The molecule has 3 aromatic rings. The Morgan fingerprint density at radius 2 is 1.77 bits per heavy atom. The van der Waals surface area contributed by atoms with Gasteiger partial charge in [0.15, 0.2) is 11.5 Å². The molecule has 0 aliphatic heterocycles. The fraction of sp³-hybridized carbons (Fsp3) is 0.174. The van der Waals surface area contributed by atoms with Crippen LogP contribution in [-0.4, -0.2) is 17.7 Å². The van der Waals surface area contributed by atoms with E-state index in [1.54, 1.807) is 24.3 Å². The molecule has 0 atom stereocenters. The molecule has 0 radical (unpaired) electrons. The highest BCUT2D eigenvalue weighted by atomic mass is 35.5. The van der Waals surface area contributed by atoms with Crippen LogP contribution in [0.3, 0.4) is 0 Å². The Morgan fingerprint density at radius 1 is 0.968 bits per heavy atom. The van der Waals surface area contributed by atoms with Gasteiger partial charge in [-0.3, -0.25) is 0 Å². The number of ether oxygens (including phenoxy) is 2. The number of nitrogens with one attached hydrogen (secondary N) is 1. The van der Waals surface area contributed by atoms with Crippen LogP contribution in [0.2, 0.25) is 15.1 Å². The van der Waals surface area contributed by atoms with Gasteiger partial charge in [0.25, 0.3) is 0 Å². The molecule has 0 bridgehead atoms. The van der Waals surface area contributed by atoms with Crippen LogP contribution < -0.4 is 14.8 Å². The smallest absolute Gasteiger partial charge is 0.337 e. The van der Waals surface area contributed by atoms with Crippen LogP contribution in [0.15, 0.2) is 54.6 Å². The molecule has 8 heteroatoms. The number of rotatable bonds is 9. The maximum Gasteiger partial charge on any atom is 0.337 e. The van der Waals surface area contributed by atoms with Crippen molar-refractivity contribution >= 4 is 46.5 Å². The first kappa shape index (κ1) is 23.1. The van der Waals surface area contributed by atoms with Crippen LogP contribution >= 0.6 is 34.8 Å². The number of carbonyl (C=O) groups is 1. The summed E-state index contributed by atoms with van der Waals surface area (Å²) < 4.78 is 11.8. The zero-order valence-corrected chi connectivity index (χ0v) is 18.9. The Morgan fingerprint density at radius 3 is 2.48 bits per heavy atom. The monoisotopic (exact) mass is 479 g/mol. The Bertz CT molecular complexity index is 1090. The predicted octanol–water partition coefficient (Wildman–Crippen LogP) is 6.93. The molecule has 5 nitrogen and oxygen atoms in total. The van der Waals surface area contributed by atoms with E-state index in [2.05, 4.69) is 5.32 Å². The van der Waals surface area contributed by atoms with Crippen molar-refractivity contribution in [1.82, 2.24) is 0 Å². The van der Waals surface area contributed by atoms with Crippen molar-refractivity contribution in [2.75, 3.05) is 11.9 Å². The van der Waals surface area contributed by atoms with E-state index >= 15 is 0 Å². The van der Waals surface area contributed by atoms with Gasteiger partial charge < -0.3 is 19.9 Å². The van der Waals surface area contributed by atoms with Crippen molar-refractivity contribution in [2.45, 2.75) is 20.1 Å². The SMILES string of the molecule is CCOc1cccc(CNc2ccc(Cl)c(C(=O)O)c2)c1OCc1ccc(Cl)cc1Cl. The fourth-order valence-corrected chi connectivity index (χ4v) is 3.58. The molecule has 3 aromatic carbocycles. The lowest BCUT2D eigenvalue weighted by atomic mass is 10.1. The summed E-state index contributed by atoms with van der Waals surface area (Å²) in [6.07, 6.45) is 0. The number of hydrogen-bond acceptors (Lipinski definition) is 4. The Kier molecular flexibility index (Phi) is 7.91. The van der Waals surface area contributed by atoms with Crippen LogP contribution in [0.5, 0.6) is 11.5 Å². The maximum absolute atomic E-state index is 11.3. The van der Waals surface area contributed by atoms with Crippen molar-refractivity contribution in [3.8, 4) is 11.5 Å². The third-order valence-electron chi connectivity index (χ3n) is 4.43. The molecule has 0 saturated heterocycles. The molecule has 3 rings (SSSR count). The summed E-state index contributed by atoms with van der Waals surface area (Å²) >= 11 is 18.2. The van der Waals surface area contributed by atoms with Gasteiger partial charge in [0.2, 0.25) is 0 Å². The van der Waals surface area contributed by atoms with E-state index < -0.39 is 5.97 Å². The van der Waals surface area contributed by atoms with Crippen molar-refractivity contribution in [1.29, 1.82) is 0 Å². The molecule has 0 spiro atoms. The molecule has 0 unspecified atom stereocenters. The zero-order chi connectivity index (χ0) is 22.4. The van der Waals surface area contributed by atoms with Gasteiger partial charge >= 0.3 is 5.97 Å². The average molecular weight is 481 g/mol. The third-order valence-corrected chi connectivity index (χ3v) is 5.34. The van der Waals surface area contributed by atoms with Gasteiger partial charge in [-0.2, -0.15) is 0 Å². The first-order valence-electron chi connectivity index (χ1n) is 9.47. The number of carboxylic acid groups (broad SMARTS) is 1. The van der Waals surface area contributed by atoms with E-state index in [-0.39, 0.29) is 17.2 Å². The molecule has 0 saturated carbocycles. The third kappa shape index (κ3) is 5.97. The molecule has 2 N–H and O–H groups in total. The summed E-state index contributed by atoms with van der Waals surface area (Å²) in [5.41, 5.74) is 2.28. The van der Waals surface area contributed by atoms with Gasteiger partial charge in [0.05, 0.1) is 17.2 Å². The van der Waals surface area contributed by atoms with E-state index in [0.29, 0.717) is 40.4 Å². The number of para-hydroxylation sites is 1. The molecule has 31 heavy (non-hydrogen) atoms. The van der Waals surface area contributed by atoms with Gasteiger partial charge in [-0.05, 0) is 43.3 Å². The number of carboxylic acids is 1. The van der Waals surface area contributed by atoms with Crippen molar-refractivity contribution in [3.63, 3.8) is 0 Å². The second-order valence-electron chi connectivity index (χ2n) is 6.56. The van der Waals surface area contributed by atoms with E-state index in [1.165, 1.54) is 6.07 Å². The lowest BCUT2D eigenvalue weighted by Gasteiger charge is -2.17. The van der Waals surface area contributed by atoms with E-state index in [4.69, 9.17) is 44.3 Å². The molecule has 0 aliphatic rings. The van der Waals surface area contributed by atoms with Crippen LogP contribution in [0.25, 0.3) is 0 Å². The first-order chi connectivity index (χ1) is 14.9. The molecule has 0 amide bonds. The highest BCUT2D eigenvalue weighted by Crippen LogP contribution is 2.34. The van der Waals surface area contributed by atoms with Gasteiger partial charge in [-0.1, -0.05) is 53.0 Å². The molecular weight excluding hydrogens is 461 g/mol. The minimum Gasteiger partial charge on any atom is -0.490 e. The Balaban J connectivity index is 1.82. The Labute approximate surface area is 195 Å². The standard InChI is InChI=1S/C23H20Cl3NO4/c1-2-30-21-5-3-4-14(12-27-17-8-9-19(25)18(11-17)23(28)29)22(21)31-13-15-6-7-16(24)10-20(15)26/h3-11,27H,2,12-13H2,1H3,(H,28,29). The molecule has 0 fully saturated rings. The normalized spacial score (nSPS) is 10.6. The summed E-state index contributed by atoms with van der Waals surface area (Å²) in [5.74, 6) is 0.0976. The minimum absolute atomic E-state index is 0.0311. The predicted molar refractivity (Wildman–Crippen MR) is 124 cm³/mol. The van der Waals surface area contributed by atoms with E-state index in [0.717, 1.165) is 11.1 Å². The van der Waals surface area contributed by atoms with E-state index in [9.17, 15) is 9.90 Å². The van der Waals surface area contributed by atoms with Gasteiger partial charge in [0.1, 0.15) is 6.61 Å². The first-order valence-corrected chi connectivity index (χ1v) is 10.6. The topological polar surface area (TPSA) is 67.8 Å². The number of benzene rings is 3. The summed E-state index contributed by atoms with van der Waals surface area (Å²) in [7, 11) is 0. The second-order valence-corrected chi connectivity index (χ2v) is 7.81. The van der Waals surface area contributed by atoms with Gasteiger partial charge in [-0.15, -0.1) is 0 Å². The number of hydrogen-bond donors (Lipinski definition) is 2. The largest absolute Gasteiger partial charge is 0.490 e. The van der Waals surface area contributed by atoms with Crippen molar-refractivity contribution < 1.29 is 19.4 Å². The summed E-state index contributed by atoms with van der Waals surface area (Å²) in [6, 6.07) is 15.6. The maximum atomic E-state index is 11.3. The number of aromatic carboxylic acids is 1. The van der Waals surface area contributed by atoms with Crippen LogP contribution in [-0.2, 0) is 13.2 Å². The summed E-state index contributed by atoms with van der Waals surface area (Å²) in [4.78, 5) is 11.3. The van der Waals surface area contributed by atoms with Crippen LogP contribution in [0, 0.1) is 0 Å². The van der Waals surface area contributed by atoms with E-state index in [1.807, 2.05) is 31.2 Å². The quantitative estimate of drug-likeness (QED) is 0.347. The lowest BCUT2D eigenvalue weighted by Crippen LogP contribution is -2.07.